The van der Waals surface area contributed by atoms with Gasteiger partial charge in [-0.25, -0.2) is 18.2 Å². The first-order valence-electron chi connectivity index (χ1n) is 5.95. The standard InChI is InChI=1S/C11H11N5O4S/c1-6-10(17)14-8-4-7(2-3-9(8)20-6)21(18,19)16-11-12-5-13-15-11/h2-6H,1H3,(H,14,17)(H2,12,13,15,16). The lowest BCUT2D eigenvalue weighted by Gasteiger charge is -2.23. The van der Waals surface area contributed by atoms with E-state index in [0.29, 0.717) is 11.4 Å². The highest BCUT2D eigenvalue weighted by atomic mass is 32.2. The number of hydrogen-bond acceptors (Lipinski definition) is 6. The average Bonchev–Trinajstić information content (AvgIpc) is 2.91. The van der Waals surface area contributed by atoms with Gasteiger partial charge in [-0.15, -0.1) is 0 Å². The second kappa shape index (κ2) is 4.74. The lowest BCUT2D eigenvalue weighted by Crippen LogP contribution is -2.34. The second-order valence-electron chi connectivity index (χ2n) is 4.35. The number of hydrogen-bond donors (Lipinski definition) is 3. The van der Waals surface area contributed by atoms with Crippen LogP contribution in [0.3, 0.4) is 0 Å². The summed E-state index contributed by atoms with van der Waals surface area (Å²) in [6.45, 7) is 1.61. The normalized spacial score (nSPS) is 17.6. The summed E-state index contributed by atoms with van der Waals surface area (Å²) in [5.74, 6) is 0.0857. The Bertz CT molecular complexity index is 787. The van der Waals surface area contributed by atoms with Gasteiger partial charge in [-0.1, -0.05) is 0 Å². The molecule has 2 aromatic rings. The number of benzene rings is 1. The van der Waals surface area contributed by atoms with Crippen LogP contribution in [-0.4, -0.2) is 35.6 Å². The van der Waals surface area contributed by atoms with Gasteiger partial charge in [-0.2, -0.15) is 10.1 Å². The van der Waals surface area contributed by atoms with Crippen molar-refractivity contribution in [2.75, 3.05) is 10.0 Å². The minimum absolute atomic E-state index is 0.00151. The number of fused-ring (bicyclic) bond motifs is 1. The highest BCUT2D eigenvalue weighted by Crippen LogP contribution is 2.32. The van der Waals surface area contributed by atoms with Gasteiger partial charge in [0.15, 0.2) is 6.10 Å². The highest BCUT2D eigenvalue weighted by molar-refractivity contribution is 7.92. The fourth-order valence-corrected chi connectivity index (χ4v) is 2.79. The molecule has 110 valence electrons. The molecule has 0 aliphatic carbocycles. The summed E-state index contributed by atoms with van der Waals surface area (Å²) < 4.78 is 32.0. The van der Waals surface area contributed by atoms with E-state index in [1.165, 1.54) is 24.5 Å². The number of aromatic amines is 1. The van der Waals surface area contributed by atoms with Crippen LogP contribution in [0.15, 0.2) is 29.4 Å². The van der Waals surface area contributed by atoms with E-state index in [1.54, 1.807) is 6.92 Å². The van der Waals surface area contributed by atoms with Crippen molar-refractivity contribution in [3.8, 4) is 5.75 Å². The Balaban J connectivity index is 1.93. The summed E-state index contributed by atoms with van der Waals surface area (Å²) in [7, 11) is -3.84. The van der Waals surface area contributed by atoms with Gasteiger partial charge in [0, 0.05) is 0 Å². The van der Waals surface area contributed by atoms with Gasteiger partial charge >= 0.3 is 0 Å². The van der Waals surface area contributed by atoms with Crippen molar-refractivity contribution in [1.82, 2.24) is 15.2 Å². The molecule has 0 saturated carbocycles. The van der Waals surface area contributed by atoms with Crippen LogP contribution in [-0.2, 0) is 14.8 Å². The number of aromatic nitrogens is 3. The molecule has 1 atom stereocenters. The number of rotatable bonds is 3. The quantitative estimate of drug-likeness (QED) is 0.750. The molecule has 21 heavy (non-hydrogen) atoms. The van der Waals surface area contributed by atoms with Crippen LogP contribution in [0.5, 0.6) is 5.75 Å². The number of anilines is 2. The number of nitrogens with one attached hydrogen (secondary N) is 3. The first-order chi connectivity index (χ1) is 9.95. The molecule has 1 aliphatic rings. The van der Waals surface area contributed by atoms with E-state index in [9.17, 15) is 13.2 Å². The van der Waals surface area contributed by atoms with Crippen molar-refractivity contribution in [2.24, 2.45) is 0 Å². The Kier molecular flexibility index (Phi) is 3.01. The van der Waals surface area contributed by atoms with Crippen LogP contribution in [0.4, 0.5) is 11.6 Å². The van der Waals surface area contributed by atoms with E-state index in [4.69, 9.17) is 4.74 Å². The summed E-state index contributed by atoms with van der Waals surface area (Å²) in [5.41, 5.74) is 0.304. The number of amides is 1. The molecule has 1 amide bonds. The summed E-state index contributed by atoms with van der Waals surface area (Å²) >= 11 is 0. The van der Waals surface area contributed by atoms with Crippen molar-refractivity contribution in [2.45, 2.75) is 17.9 Å². The number of carbonyl (C=O) groups is 1. The molecule has 1 aromatic heterocycles. The first-order valence-corrected chi connectivity index (χ1v) is 7.44. The molecule has 3 N–H and O–H groups in total. The Hall–Kier alpha value is -2.62. The van der Waals surface area contributed by atoms with E-state index in [2.05, 4.69) is 25.2 Å². The summed E-state index contributed by atoms with van der Waals surface area (Å²) in [5, 5.41) is 8.53. The lowest BCUT2D eigenvalue weighted by molar-refractivity contribution is -0.122. The molecular weight excluding hydrogens is 298 g/mol. The van der Waals surface area contributed by atoms with Gasteiger partial charge in [0.05, 0.1) is 10.6 Å². The Morgan fingerprint density at radius 1 is 1.38 bits per heavy atom. The highest BCUT2D eigenvalue weighted by Gasteiger charge is 2.25. The van der Waals surface area contributed by atoms with Gasteiger partial charge in [0.1, 0.15) is 12.1 Å². The average molecular weight is 309 g/mol. The first kappa shape index (κ1) is 13.4. The van der Waals surface area contributed by atoms with Crippen molar-refractivity contribution in [3.63, 3.8) is 0 Å². The predicted molar refractivity (Wildman–Crippen MR) is 72.4 cm³/mol. The van der Waals surface area contributed by atoms with Crippen molar-refractivity contribution < 1.29 is 17.9 Å². The molecule has 3 rings (SSSR count). The topological polar surface area (TPSA) is 126 Å². The zero-order valence-corrected chi connectivity index (χ0v) is 11.6. The van der Waals surface area contributed by atoms with Crippen LogP contribution in [0.2, 0.25) is 0 Å². The Morgan fingerprint density at radius 3 is 2.90 bits per heavy atom. The molecule has 10 heteroatoms. The summed E-state index contributed by atoms with van der Waals surface area (Å²) in [4.78, 5) is 15.2. The van der Waals surface area contributed by atoms with Crippen LogP contribution in [0, 0.1) is 0 Å². The maximum atomic E-state index is 12.2. The predicted octanol–water partition coefficient (Wildman–Crippen LogP) is 0.325. The summed E-state index contributed by atoms with van der Waals surface area (Å²) in [6.07, 6.45) is 0.562. The van der Waals surface area contributed by atoms with Crippen molar-refractivity contribution in [1.29, 1.82) is 0 Å². The maximum absolute atomic E-state index is 12.2. The smallest absolute Gasteiger partial charge is 0.265 e. The van der Waals surface area contributed by atoms with E-state index in [0.717, 1.165) is 0 Å². The Labute approximate surface area is 119 Å². The third-order valence-electron chi connectivity index (χ3n) is 2.84. The molecule has 0 bridgehead atoms. The third kappa shape index (κ3) is 2.52. The fraction of sp³-hybridized carbons (Fsp3) is 0.182. The number of sulfonamides is 1. The summed E-state index contributed by atoms with van der Waals surface area (Å²) in [6, 6.07) is 4.18. The number of ether oxygens (including phenoxy) is 1. The van der Waals surface area contributed by atoms with Gasteiger partial charge in [-0.3, -0.25) is 4.79 Å². The maximum Gasteiger partial charge on any atom is 0.265 e. The number of nitrogens with zero attached hydrogens (tertiary/aromatic N) is 2. The van der Waals surface area contributed by atoms with Crippen LogP contribution < -0.4 is 14.8 Å². The van der Waals surface area contributed by atoms with Gasteiger partial charge < -0.3 is 10.1 Å². The lowest BCUT2D eigenvalue weighted by atomic mass is 10.2. The van der Waals surface area contributed by atoms with Crippen LogP contribution in [0.25, 0.3) is 0 Å². The van der Waals surface area contributed by atoms with Gasteiger partial charge in [-0.05, 0) is 25.1 Å². The minimum Gasteiger partial charge on any atom is -0.479 e. The second-order valence-corrected chi connectivity index (χ2v) is 6.03. The molecule has 2 heterocycles. The SMILES string of the molecule is CC1Oc2ccc(S(=O)(=O)Nc3ncn[nH]3)cc2NC1=O. The molecule has 1 unspecified atom stereocenters. The van der Waals surface area contributed by atoms with E-state index >= 15 is 0 Å². The minimum atomic E-state index is -3.84. The van der Waals surface area contributed by atoms with Crippen LogP contribution >= 0.6 is 0 Å². The van der Waals surface area contributed by atoms with Crippen molar-refractivity contribution in [3.05, 3.63) is 24.5 Å². The monoisotopic (exact) mass is 309 g/mol. The molecule has 0 saturated heterocycles. The third-order valence-corrected chi connectivity index (χ3v) is 4.17. The molecule has 1 aromatic carbocycles. The van der Waals surface area contributed by atoms with Gasteiger partial charge in [0.2, 0.25) is 5.95 Å². The van der Waals surface area contributed by atoms with Crippen molar-refractivity contribution >= 4 is 27.6 Å². The molecule has 0 radical (unpaired) electrons. The molecule has 9 nitrogen and oxygen atoms in total. The zero-order valence-electron chi connectivity index (χ0n) is 10.8. The molecule has 0 spiro atoms. The van der Waals surface area contributed by atoms with E-state index in [-0.39, 0.29) is 16.8 Å². The Morgan fingerprint density at radius 2 is 2.19 bits per heavy atom. The largest absolute Gasteiger partial charge is 0.479 e. The number of H-pyrrole nitrogens is 1. The molecular formula is C11H11N5O4S. The van der Waals surface area contributed by atoms with Crippen LogP contribution in [0.1, 0.15) is 6.92 Å². The van der Waals surface area contributed by atoms with E-state index < -0.39 is 16.1 Å². The molecule has 0 fully saturated rings. The fourth-order valence-electron chi connectivity index (χ4n) is 1.80. The number of carbonyl (C=O) groups excluding carboxylic acids is 1. The van der Waals surface area contributed by atoms with E-state index in [1.807, 2.05) is 0 Å². The molecule has 1 aliphatic heterocycles. The van der Waals surface area contributed by atoms with Gasteiger partial charge in [0.25, 0.3) is 15.9 Å². The zero-order chi connectivity index (χ0) is 15.0.